The number of aromatic nitrogens is 1. The fourth-order valence-electron chi connectivity index (χ4n) is 4.48. The summed E-state index contributed by atoms with van der Waals surface area (Å²) in [6.45, 7) is 3.59. The Balaban J connectivity index is 1.52. The van der Waals surface area contributed by atoms with Crippen LogP contribution in [0.5, 0.6) is 0 Å². The van der Waals surface area contributed by atoms with Gasteiger partial charge in [0.1, 0.15) is 0 Å². The number of methoxy groups -OCH3 is 1. The van der Waals surface area contributed by atoms with Crippen molar-refractivity contribution >= 4 is 5.91 Å². The average Bonchev–Trinajstić information content (AvgIpc) is 3.39. The molecule has 3 atom stereocenters. The van der Waals surface area contributed by atoms with Crippen LogP contribution in [0, 0.1) is 12.8 Å². The SMILES string of the molecule is CO[C@@]12CCC(OCC3CC3)CC1N(C(=O)c1ccncc1C)CC2. The van der Waals surface area contributed by atoms with Gasteiger partial charge < -0.3 is 14.4 Å². The van der Waals surface area contributed by atoms with Crippen molar-refractivity contribution in [2.24, 2.45) is 5.92 Å². The Labute approximate surface area is 149 Å². The first-order valence-electron chi connectivity index (χ1n) is 9.51. The van der Waals surface area contributed by atoms with Crippen molar-refractivity contribution < 1.29 is 14.3 Å². The van der Waals surface area contributed by atoms with Crippen LogP contribution in [0.25, 0.3) is 0 Å². The second-order valence-electron chi connectivity index (χ2n) is 7.90. The normalized spacial score (nSPS) is 31.8. The lowest BCUT2D eigenvalue weighted by atomic mass is 9.79. The Hall–Kier alpha value is -1.46. The van der Waals surface area contributed by atoms with E-state index >= 15 is 0 Å². The fourth-order valence-corrected chi connectivity index (χ4v) is 4.48. The Bertz CT molecular complexity index is 646. The average molecular weight is 344 g/mol. The molecule has 3 aliphatic rings. The summed E-state index contributed by atoms with van der Waals surface area (Å²) in [7, 11) is 1.80. The Kier molecular flexibility index (Phi) is 4.54. The molecule has 0 aromatic carbocycles. The van der Waals surface area contributed by atoms with Crippen molar-refractivity contribution in [1.29, 1.82) is 0 Å². The van der Waals surface area contributed by atoms with Crippen LogP contribution in [0.4, 0.5) is 0 Å². The minimum atomic E-state index is -0.198. The van der Waals surface area contributed by atoms with Crippen molar-refractivity contribution in [2.75, 3.05) is 20.3 Å². The molecule has 1 amide bonds. The molecule has 2 heterocycles. The maximum Gasteiger partial charge on any atom is 0.254 e. The first-order chi connectivity index (χ1) is 12.1. The number of pyridine rings is 1. The van der Waals surface area contributed by atoms with Crippen molar-refractivity contribution in [2.45, 2.75) is 63.2 Å². The largest absolute Gasteiger partial charge is 0.378 e. The number of nitrogens with zero attached hydrogens (tertiary/aromatic N) is 2. The number of ether oxygens (including phenoxy) is 2. The van der Waals surface area contributed by atoms with E-state index in [0.717, 1.165) is 55.9 Å². The molecule has 2 aliphatic carbocycles. The number of amides is 1. The molecule has 1 saturated heterocycles. The van der Waals surface area contributed by atoms with Crippen molar-refractivity contribution in [3.8, 4) is 0 Å². The van der Waals surface area contributed by atoms with Gasteiger partial charge in [-0.2, -0.15) is 0 Å². The van der Waals surface area contributed by atoms with Crippen LogP contribution in [0.2, 0.25) is 0 Å². The van der Waals surface area contributed by atoms with Crippen LogP contribution in [-0.2, 0) is 9.47 Å². The second-order valence-corrected chi connectivity index (χ2v) is 7.90. The molecule has 0 spiro atoms. The van der Waals surface area contributed by atoms with Gasteiger partial charge >= 0.3 is 0 Å². The van der Waals surface area contributed by atoms with Gasteiger partial charge in [0.15, 0.2) is 0 Å². The van der Waals surface area contributed by atoms with Crippen molar-refractivity contribution in [1.82, 2.24) is 9.88 Å². The molecule has 1 aromatic rings. The molecule has 25 heavy (non-hydrogen) atoms. The van der Waals surface area contributed by atoms with E-state index < -0.39 is 0 Å². The molecule has 5 heteroatoms. The third-order valence-corrected chi connectivity index (χ3v) is 6.32. The van der Waals surface area contributed by atoms with Gasteiger partial charge in [-0.1, -0.05) is 0 Å². The van der Waals surface area contributed by atoms with Gasteiger partial charge in [0, 0.05) is 38.2 Å². The van der Waals surface area contributed by atoms with E-state index in [9.17, 15) is 4.79 Å². The zero-order valence-corrected chi connectivity index (χ0v) is 15.2. The van der Waals surface area contributed by atoms with Gasteiger partial charge in [0.25, 0.3) is 5.91 Å². The summed E-state index contributed by atoms with van der Waals surface area (Å²) in [4.78, 5) is 19.3. The molecule has 1 aromatic heterocycles. The van der Waals surface area contributed by atoms with Crippen LogP contribution >= 0.6 is 0 Å². The monoisotopic (exact) mass is 344 g/mol. The van der Waals surface area contributed by atoms with Gasteiger partial charge in [0.05, 0.1) is 17.7 Å². The number of hydrogen-bond donors (Lipinski definition) is 0. The van der Waals surface area contributed by atoms with Crippen LogP contribution in [0.1, 0.15) is 54.4 Å². The van der Waals surface area contributed by atoms with Crippen LogP contribution in [-0.4, -0.2) is 53.8 Å². The Morgan fingerprint density at radius 3 is 2.92 bits per heavy atom. The molecule has 5 nitrogen and oxygen atoms in total. The molecular weight excluding hydrogens is 316 g/mol. The third-order valence-electron chi connectivity index (χ3n) is 6.32. The molecule has 3 fully saturated rings. The molecule has 0 radical (unpaired) electrons. The van der Waals surface area contributed by atoms with E-state index in [-0.39, 0.29) is 23.7 Å². The molecule has 0 N–H and O–H groups in total. The zero-order chi connectivity index (χ0) is 17.4. The van der Waals surface area contributed by atoms with Crippen LogP contribution in [0.15, 0.2) is 18.5 Å². The van der Waals surface area contributed by atoms with Gasteiger partial charge in [-0.3, -0.25) is 9.78 Å². The molecular formula is C20H28N2O3. The highest BCUT2D eigenvalue weighted by atomic mass is 16.5. The van der Waals surface area contributed by atoms with E-state index in [1.54, 1.807) is 19.5 Å². The summed E-state index contributed by atoms with van der Waals surface area (Å²) in [6, 6.07) is 1.93. The predicted molar refractivity (Wildman–Crippen MR) is 94.5 cm³/mol. The van der Waals surface area contributed by atoms with Gasteiger partial charge in [-0.05, 0) is 63.0 Å². The number of aryl methyl sites for hydroxylation is 1. The topological polar surface area (TPSA) is 51.7 Å². The van der Waals surface area contributed by atoms with Gasteiger partial charge in [0.2, 0.25) is 0 Å². The summed E-state index contributed by atoms with van der Waals surface area (Å²) in [5.74, 6) is 0.876. The number of carbonyl (C=O) groups is 1. The highest BCUT2D eigenvalue weighted by molar-refractivity contribution is 5.96. The number of likely N-dealkylation sites (tertiary alicyclic amines) is 1. The quantitative estimate of drug-likeness (QED) is 0.824. The molecule has 2 unspecified atom stereocenters. The standard InChI is InChI=1S/C20H28N2O3/c1-14-12-21-9-6-17(14)19(23)22-10-8-20(24-2)7-5-16(11-18(20)22)25-13-15-3-4-15/h6,9,12,15-16,18H,3-5,7-8,10-11,13H2,1-2H3/t16?,18?,20-/m1/s1. The predicted octanol–water partition coefficient (Wildman–Crippen LogP) is 2.97. The summed E-state index contributed by atoms with van der Waals surface area (Å²) in [5, 5.41) is 0. The highest BCUT2D eigenvalue weighted by Crippen LogP contribution is 2.44. The lowest BCUT2D eigenvalue weighted by Crippen LogP contribution is -2.53. The summed E-state index contributed by atoms with van der Waals surface area (Å²) < 4.78 is 12.1. The Morgan fingerprint density at radius 2 is 2.20 bits per heavy atom. The third kappa shape index (κ3) is 3.20. The lowest BCUT2D eigenvalue weighted by Gasteiger charge is -2.43. The van der Waals surface area contributed by atoms with Gasteiger partial charge in [-0.15, -0.1) is 0 Å². The molecule has 2 saturated carbocycles. The second kappa shape index (κ2) is 6.69. The number of carbonyl (C=O) groups excluding carboxylic acids is 1. The first kappa shape index (κ1) is 17.0. The van der Waals surface area contributed by atoms with Crippen LogP contribution in [0.3, 0.4) is 0 Å². The van der Waals surface area contributed by atoms with Crippen molar-refractivity contribution in [3.05, 3.63) is 29.6 Å². The molecule has 0 bridgehead atoms. The number of hydrogen-bond acceptors (Lipinski definition) is 4. The fraction of sp³-hybridized carbons (Fsp3) is 0.700. The minimum absolute atomic E-state index is 0.103. The maximum absolute atomic E-state index is 13.2. The zero-order valence-electron chi connectivity index (χ0n) is 15.2. The van der Waals surface area contributed by atoms with Crippen LogP contribution < -0.4 is 0 Å². The summed E-state index contributed by atoms with van der Waals surface area (Å²) in [5.41, 5.74) is 1.48. The van der Waals surface area contributed by atoms with Crippen molar-refractivity contribution in [3.63, 3.8) is 0 Å². The highest BCUT2D eigenvalue weighted by Gasteiger charge is 2.53. The smallest absolute Gasteiger partial charge is 0.254 e. The first-order valence-corrected chi connectivity index (χ1v) is 9.51. The Morgan fingerprint density at radius 1 is 1.36 bits per heavy atom. The summed E-state index contributed by atoms with van der Waals surface area (Å²) >= 11 is 0. The lowest BCUT2D eigenvalue weighted by molar-refractivity contribution is -0.0977. The van der Waals surface area contributed by atoms with Gasteiger partial charge in [-0.25, -0.2) is 0 Å². The molecule has 1 aliphatic heterocycles. The van der Waals surface area contributed by atoms with E-state index in [4.69, 9.17) is 9.47 Å². The molecule has 136 valence electrons. The minimum Gasteiger partial charge on any atom is -0.378 e. The van der Waals surface area contributed by atoms with E-state index in [1.807, 2.05) is 17.9 Å². The molecule has 4 rings (SSSR count). The van der Waals surface area contributed by atoms with E-state index in [0.29, 0.717) is 0 Å². The number of fused-ring (bicyclic) bond motifs is 1. The van der Waals surface area contributed by atoms with E-state index in [1.165, 1.54) is 12.8 Å². The van der Waals surface area contributed by atoms with E-state index in [2.05, 4.69) is 4.98 Å². The number of rotatable bonds is 5. The summed E-state index contributed by atoms with van der Waals surface area (Å²) in [6.07, 6.45) is 10.1. The maximum atomic E-state index is 13.2.